The molecule has 0 radical (unpaired) electrons. The fourth-order valence-corrected chi connectivity index (χ4v) is 2.82. The number of carbonyl (C=O) groups excluding carboxylic acids is 1. The first-order chi connectivity index (χ1) is 11.6. The average molecular weight is 330 g/mol. The maximum absolute atomic E-state index is 13.0. The molecule has 0 saturated carbocycles. The normalized spacial score (nSPS) is 15.3. The molecule has 0 amide bonds. The van der Waals surface area contributed by atoms with Gasteiger partial charge >= 0.3 is 0 Å². The lowest BCUT2D eigenvalue weighted by Crippen LogP contribution is -3.15. The zero-order valence-corrected chi connectivity index (χ0v) is 13.2. The average Bonchev–Trinajstić information content (AvgIpc) is 2.61. The SMILES string of the molecule is O=C([O-])c1ccccc1OC[NH+]1CCN(c2ccc(F)cc2)CC1. The predicted octanol–water partition coefficient (Wildman–Crippen LogP) is -0.0694. The molecule has 1 saturated heterocycles. The van der Waals surface area contributed by atoms with Crippen molar-refractivity contribution in [2.24, 2.45) is 0 Å². The molecular weight excluding hydrogens is 311 g/mol. The molecule has 0 bridgehead atoms. The van der Waals surface area contributed by atoms with Gasteiger partial charge in [0.25, 0.3) is 0 Å². The standard InChI is InChI=1S/C18H19FN2O3/c19-14-5-7-15(8-6-14)21-11-9-20(10-12-21)13-24-17-4-2-1-3-16(17)18(22)23/h1-8H,9-13H2,(H,22,23). The van der Waals surface area contributed by atoms with Gasteiger partial charge in [0.05, 0.1) is 32.1 Å². The molecule has 6 heteroatoms. The van der Waals surface area contributed by atoms with E-state index in [1.807, 2.05) is 0 Å². The molecule has 126 valence electrons. The smallest absolute Gasteiger partial charge is 0.222 e. The molecule has 2 aromatic carbocycles. The summed E-state index contributed by atoms with van der Waals surface area (Å²) in [6.45, 7) is 3.82. The minimum absolute atomic E-state index is 0.0712. The molecule has 1 aliphatic rings. The van der Waals surface area contributed by atoms with Crippen LogP contribution in [0.25, 0.3) is 0 Å². The van der Waals surface area contributed by atoms with E-state index in [4.69, 9.17) is 4.74 Å². The van der Waals surface area contributed by atoms with E-state index in [9.17, 15) is 14.3 Å². The quantitative estimate of drug-likeness (QED) is 0.834. The number of anilines is 1. The van der Waals surface area contributed by atoms with E-state index in [2.05, 4.69) is 4.90 Å². The number of para-hydroxylation sites is 1. The summed E-state index contributed by atoms with van der Waals surface area (Å²) in [6, 6.07) is 13.0. The van der Waals surface area contributed by atoms with Crippen molar-refractivity contribution in [3.63, 3.8) is 0 Å². The van der Waals surface area contributed by atoms with E-state index in [1.54, 1.807) is 30.3 Å². The summed E-state index contributed by atoms with van der Waals surface area (Å²) < 4.78 is 18.7. The van der Waals surface area contributed by atoms with E-state index >= 15 is 0 Å². The van der Waals surface area contributed by atoms with Gasteiger partial charge in [0, 0.05) is 11.3 Å². The number of carbonyl (C=O) groups is 1. The van der Waals surface area contributed by atoms with Gasteiger partial charge in [0.15, 0.2) is 0 Å². The van der Waals surface area contributed by atoms with E-state index in [1.165, 1.54) is 23.1 Å². The molecule has 0 spiro atoms. The summed E-state index contributed by atoms with van der Waals surface area (Å²) in [5.41, 5.74) is 1.08. The van der Waals surface area contributed by atoms with Crippen LogP contribution in [0.2, 0.25) is 0 Å². The Labute approximate surface area is 139 Å². The van der Waals surface area contributed by atoms with Crippen molar-refractivity contribution in [2.45, 2.75) is 0 Å². The van der Waals surface area contributed by atoms with Crippen LogP contribution >= 0.6 is 0 Å². The lowest BCUT2D eigenvalue weighted by atomic mass is 10.2. The highest BCUT2D eigenvalue weighted by atomic mass is 19.1. The second-order valence-corrected chi connectivity index (χ2v) is 5.79. The Morgan fingerprint density at radius 2 is 1.79 bits per heavy atom. The fraction of sp³-hybridized carbons (Fsp3) is 0.278. The fourth-order valence-electron chi connectivity index (χ4n) is 2.82. The lowest BCUT2D eigenvalue weighted by Gasteiger charge is -2.33. The molecule has 0 aromatic heterocycles. The summed E-state index contributed by atoms with van der Waals surface area (Å²) in [4.78, 5) is 14.5. The van der Waals surface area contributed by atoms with Crippen molar-refractivity contribution >= 4 is 11.7 Å². The van der Waals surface area contributed by atoms with Gasteiger partial charge in [-0.3, -0.25) is 4.90 Å². The van der Waals surface area contributed by atoms with Gasteiger partial charge in [-0.2, -0.15) is 0 Å². The molecule has 0 aliphatic carbocycles. The van der Waals surface area contributed by atoms with Crippen molar-refractivity contribution < 1.29 is 23.9 Å². The number of ether oxygens (including phenoxy) is 1. The molecule has 1 N–H and O–H groups in total. The molecule has 1 heterocycles. The number of benzene rings is 2. The van der Waals surface area contributed by atoms with E-state index in [0.29, 0.717) is 12.5 Å². The summed E-state index contributed by atoms with van der Waals surface area (Å²) >= 11 is 0. The minimum atomic E-state index is -1.23. The molecule has 24 heavy (non-hydrogen) atoms. The molecule has 1 aliphatic heterocycles. The van der Waals surface area contributed by atoms with Crippen molar-refractivity contribution in [1.29, 1.82) is 0 Å². The minimum Gasteiger partial charge on any atom is -0.545 e. The van der Waals surface area contributed by atoms with Gasteiger partial charge in [0.1, 0.15) is 11.6 Å². The molecule has 2 aromatic rings. The lowest BCUT2D eigenvalue weighted by molar-refractivity contribution is -0.916. The van der Waals surface area contributed by atoms with E-state index in [-0.39, 0.29) is 11.4 Å². The number of hydrogen-bond acceptors (Lipinski definition) is 4. The highest BCUT2D eigenvalue weighted by Crippen LogP contribution is 2.16. The second-order valence-electron chi connectivity index (χ2n) is 5.79. The van der Waals surface area contributed by atoms with E-state index in [0.717, 1.165) is 31.9 Å². The van der Waals surface area contributed by atoms with Crippen LogP contribution in [0.4, 0.5) is 10.1 Å². The number of quaternary nitrogens is 1. The Bertz CT molecular complexity index is 698. The first kappa shape index (κ1) is 16.3. The summed E-state index contributed by atoms with van der Waals surface area (Å²) in [5, 5.41) is 11.1. The molecule has 3 rings (SSSR count). The third kappa shape index (κ3) is 3.83. The molecule has 0 atom stereocenters. The zero-order chi connectivity index (χ0) is 16.9. The number of aromatic carboxylic acids is 1. The van der Waals surface area contributed by atoms with Crippen LogP contribution in [0.1, 0.15) is 10.4 Å². The molecule has 0 unspecified atom stereocenters. The van der Waals surface area contributed by atoms with Crippen LogP contribution in [-0.2, 0) is 0 Å². The van der Waals surface area contributed by atoms with Gasteiger partial charge in [-0.05, 0) is 36.4 Å². The summed E-state index contributed by atoms with van der Waals surface area (Å²) in [5.74, 6) is -1.13. The van der Waals surface area contributed by atoms with Crippen molar-refractivity contribution in [2.75, 3.05) is 37.8 Å². The van der Waals surface area contributed by atoms with Gasteiger partial charge in [-0.15, -0.1) is 0 Å². The number of halogens is 1. The number of nitrogens with zero attached hydrogens (tertiary/aromatic N) is 1. The van der Waals surface area contributed by atoms with Crippen molar-refractivity contribution in [3.8, 4) is 5.75 Å². The van der Waals surface area contributed by atoms with Crippen LogP contribution in [0.5, 0.6) is 5.75 Å². The van der Waals surface area contributed by atoms with Crippen molar-refractivity contribution in [3.05, 3.63) is 59.9 Å². The van der Waals surface area contributed by atoms with Crippen LogP contribution in [0, 0.1) is 5.82 Å². The number of carboxylic acids is 1. The van der Waals surface area contributed by atoms with Crippen LogP contribution < -0.4 is 19.6 Å². The number of piperazine rings is 1. The molecular formula is C18H19FN2O3. The first-order valence-corrected chi connectivity index (χ1v) is 7.91. The topological polar surface area (TPSA) is 57.0 Å². The Morgan fingerprint density at radius 1 is 1.12 bits per heavy atom. The monoisotopic (exact) mass is 330 g/mol. The Morgan fingerprint density at radius 3 is 2.46 bits per heavy atom. The molecule has 1 fully saturated rings. The summed E-state index contributed by atoms with van der Waals surface area (Å²) in [6.07, 6.45) is 0. The zero-order valence-electron chi connectivity index (χ0n) is 13.2. The Hall–Kier alpha value is -2.60. The van der Waals surface area contributed by atoms with Gasteiger partial charge in [0.2, 0.25) is 6.73 Å². The predicted molar refractivity (Wildman–Crippen MR) is 85.6 cm³/mol. The number of hydrogen-bond donors (Lipinski definition) is 1. The Kier molecular flexibility index (Phi) is 4.96. The van der Waals surface area contributed by atoms with Crippen LogP contribution in [0.15, 0.2) is 48.5 Å². The maximum Gasteiger partial charge on any atom is 0.222 e. The number of carboxylic acid groups (broad SMARTS) is 1. The van der Waals surface area contributed by atoms with Gasteiger partial charge in [-0.25, -0.2) is 4.39 Å². The third-order valence-corrected chi connectivity index (χ3v) is 4.20. The number of nitrogens with one attached hydrogen (secondary N) is 1. The largest absolute Gasteiger partial charge is 0.545 e. The first-order valence-electron chi connectivity index (χ1n) is 7.91. The van der Waals surface area contributed by atoms with Crippen molar-refractivity contribution in [1.82, 2.24) is 0 Å². The highest BCUT2D eigenvalue weighted by molar-refractivity contribution is 5.89. The highest BCUT2D eigenvalue weighted by Gasteiger charge is 2.20. The van der Waals surface area contributed by atoms with Gasteiger partial charge in [-0.1, -0.05) is 12.1 Å². The second kappa shape index (κ2) is 7.31. The summed E-state index contributed by atoms with van der Waals surface area (Å²) in [7, 11) is 0. The van der Waals surface area contributed by atoms with Gasteiger partial charge < -0.3 is 19.5 Å². The third-order valence-electron chi connectivity index (χ3n) is 4.20. The molecule has 5 nitrogen and oxygen atoms in total. The van der Waals surface area contributed by atoms with Crippen LogP contribution in [-0.4, -0.2) is 38.9 Å². The maximum atomic E-state index is 13.0. The van der Waals surface area contributed by atoms with E-state index < -0.39 is 5.97 Å². The number of rotatable bonds is 5. The van der Waals surface area contributed by atoms with Crippen LogP contribution in [0.3, 0.4) is 0 Å². The Balaban J connectivity index is 1.53.